The Bertz CT molecular complexity index is 479. The van der Waals surface area contributed by atoms with Crippen LogP contribution in [-0.2, 0) is 21.9 Å². The van der Waals surface area contributed by atoms with E-state index in [0.717, 1.165) is 17.3 Å². The Labute approximate surface area is 98.8 Å². The molecule has 1 aromatic heterocycles. The molecule has 0 aliphatic carbocycles. The van der Waals surface area contributed by atoms with Gasteiger partial charge in [-0.05, 0) is 12.8 Å². The summed E-state index contributed by atoms with van der Waals surface area (Å²) in [6.07, 6.45) is 3.00. The Morgan fingerprint density at radius 3 is 2.75 bits per heavy atom. The van der Waals surface area contributed by atoms with Gasteiger partial charge in [-0.25, -0.2) is 13.4 Å². The molecule has 2 heterocycles. The molecule has 90 valence electrons. The summed E-state index contributed by atoms with van der Waals surface area (Å²) in [4.78, 5) is 8.88. The van der Waals surface area contributed by atoms with Crippen molar-refractivity contribution in [3.63, 3.8) is 0 Å². The number of halogens is 1. The second kappa shape index (κ2) is 4.33. The fourth-order valence-corrected chi connectivity index (χ4v) is 3.12. The van der Waals surface area contributed by atoms with Gasteiger partial charge in [-0.15, -0.1) is 0 Å². The topological polar surface area (TPSA) is 64.4 Å². The molecule has 0 unspecified atom stereocenters. The molecule has 6 nitrogen and oxygen atoms in total. The van der Waals surface area contributed by atoms with E-state index in [1.807, 2.05) is 0 Å². The highest BCUT2D eigenvalue weighted by Crippen LogP contribution is 2.24. The van der Waals surface area contributed by atoms with Crippen molar-refractivity contribution in [3.05, 3.63) is 11.5 Å². The summed E-state index contributed by atoms with van der Waals surface area (Å²) in [6, 6.07) is 0. The zero-order valence-electron chi connectivity index (χ0n) is 8.76. The predicted octanol–water partition coefficient (Wildman–Crippen LogP) is 0.790. The molecule has 0 atom stereocenters. The molecule has 2 rings (SSSR count). The minimum absolute atomic E-state index is 0.0918. The lowest BCUT2D eigenvalue weighted by atomic mass is 10.3. The summed E-state index contributed by atoms with van der Waals surface area (Å²) >= 11 is 5.85. The molecule has 1 fully saturated rings. The number of rotatable bonds is 2. The van der Waals surface area contributed by atoms with E-state index in [-0.39, 0.29) is 10.2 Å². The SMILES string of the molecule is Cn1cnc(S(=O)(=O)N2CCCCO2)c1Cl. The van der Waals surface area contributed by atoms with Crippen LogP contribution in [0.5, 0.6) is 0 Å². The minimum atomic E-state index is -3.72. The number of sulfonamides is 1. The lowest BCUT2D eigenvalue weighted by Crippen LogP contribution is -2.36. The highest BCUT2D eigenvalue weighted by Gasteiger charge is 2.32. The van der Waals surface area contributed by atoms with Crippen LogP contribution in [0.2, 0.25) is 5.15 Å². The van der Waals surface area contributed by atoms with Gasteiger partial charge >= 0.3 is 0 Å². The van der Waals surface area contributed by atoms with E-state index < -0.39 is 10.0 Å². The van der Waals surface area contributed by atoms with E-state index in [1.54, 1.807) is 7.05 Å². The maximum atomic E-state index is 12.1. The van der Waals surface area contributed by atoms with Gasteiger partial charge in [-0.2, -0.15) is 0 Å². The zero-order chi connectivity index (χ0) is 11.8. The van der Waals surface area contributed by atoms with Crippen LogP contribution in [-0.4, -0.2) is 35.6 Å². The molecule has 8 heteroatoms. The first-order valence-electron chi connectivity index (χ1n) is 4.86. The van der Waals surface area contributed by atoms with Crippen molar-refractivity contribution >= 4 is 21.6 Å². The monoisotopic (exact) mass is 265 g/mol. The number of imidazole rings is 1. The third kappa shape index (κ3) is 1.95. The highest BCUT2D eigenvalue weighted by molar-refractivity contribution is 7.89. The molecule has 1 aliphatic heterocycles. The van der Waals surface area contributed by atoms with Crippen LogP contribution in [0, 0.1) is 0 Å². The van der Waals surface area contributed by atoms with E-state index >= 15 is 0 Å². The maximum absolute atomic E-state index is 12.1. The summed E-state index contributed by atoms with van der Waals surface area (Å²) in [5, 5.41) is -0.0623. The van der Waals surface area contributed by atoms with Crippen LogP contribution in [0.4, 0.5) is 0 Å². The van der Waals surface area contributed by atoms with Crippen molar-refractivity contribution in [2.24, 2.45) is 7.05 Å². The van der Waals surface area contributed by atoms with Crippen LogP contribution < -0.4 is 0 Å². The molecule has 1 aliphatic rings. The van der Waals surface area contributed by atoms with Crippen LogP contribution in [0.1, 0.15) is 12.8 Å². The Morgan fingerprint density at radius 2 is 2.25 bits per heavy atom. The molecular formula is C8H12ClN3O3S. The van der Waals surface area contributed by atoms with E-state index in [1.165, 1.54) is 10.9 Å². The highest BCUT2D eigenvalue weighted by atomic mass is 35.5. The lowest BCUT2D eigenvalue weighted by Gasteiger charge is -2.24. The number of nitrogens with zero attached hydrogens (tertiary/aromatic N) is 3. The van der Waals surface area contributed by atoms with E-state index in [0.29, 0.717) is 13.2 Å². The van der Waals surface area contributed by atoms with Gasteiger partial charge in [0.25, 0.3) is 10.0 Å². The largest absolute Gasteiger partial charge is 0.324 e. The van der Waals surface area contributed by atoms with Crippen molar-refractivity contribution in [1.29, 1.82) is 0 Å². The molecule has 16 heavy (non-hydrogen) atoms. The Kier molecular flexibility index (Phi) is 3.20. The molecule has 1 saturated heterocycles. The number of aryl methyl sites for hydroxylation is 1. The average Bonchev–Trinajstić information content (AvgIpc) is 2.61. The van der Waals surface area contributed by atoms with Crippen molar-refractivity contribution in [2.45, 2.75) is 17.9 Å². The molecule has 0 radical (unpaired) electrons. The summed E-state index contributed by atoms with van der Waals surface area (Å²) in [5.74, 6) is 0. The number of aromatic nitrogens is 2. The fraction of sp³-hybridized carbons (Fsp3) is 0.625. The number of hydroxylamine groups is 1. The number of hydrogen-bond donors (Lipinski definition) is 0. The molecule has 1 aromatic rings. The van der Waals surface area contributed by atoms with Crippen LogP contribution >= 0.6 is 11.6 Å². The van der Waals surface area contributed by atoms with Gasteiger partial charge in [-0.1, -0.05) is 16.1 Å². The van der Waals surface area contributed by atoms with Gasteiger partial charge in [-0.3, -0.25) is 4.84 Å². The summed E-state index contributed by atoms with van der Waals surface area (Å²) in [7, 11) is -2.09. The van der Waals surface area contributed by atoms with E-state index in [2.05, 4.69) is 4.98 Å². The molecule has 0 N–H and O–H groups in total. The fourth-order valence-electron chi connectivity index (χ4n) is 1.43. The maximum Gasteiger partial charge on any atom is 0.285 e. The van der Waals surface area contributed by atoms with Gasteiger partial charge in [0.2, 0.25) is 5.03 Å². The minimum Gasteiger partial charge on any atom is -0.324 e. The third-order valence-corrected chi connectivity index (χ3v) is 4.49. The van der Waals surface area contributed by atoms with Crippen molar-refractivity contribution < 1.29 is 13.3 Å². The van der Waals surface area contributed by atoms with Gasteiger partial charge in [0.05, 0.1) is 12.9 Å². The molecule has 0 saturated carbocycles. The zero-order valence-corrected chi connectivity index (χ0v) is 10.3. The predicted molar refractivity (Wildman–Crippen MR) is 57.3 cm³/mol. The Balaban J connectivity index is 2.34. The standard InChI is InChI=1S/C8H12ClN3O3S/c1-11-6-10-8(7(11)9)16(13,14)12-4-2-3-5-15-12/h6H,2-5H2,1H3. The van der Waals surface area contributed by atoms with Crippen LogP contribution in [0.3, 0.4) is 0 Å². The summed E-state index contributed by atoms with van der Waals surface area (Å²) in [6.45, 7) is 0.749. The Morgan fingerprint density at radius 1 is 1.50 bits per heavy atom. The van der Waals surface area contributed by atoms with Gasteiger partial charge in [0, 0.05) is 13.6 Å². The lowest BCUT2D eigenvalue weighted by molar-refractivity contribution is -0.109. The summed E-state index contributed by atoms with van der Waals surface area (Å²) in [5.41, 5.74) is 0. The van der Waals surface area contributed by atoms with Crippen LogP contribution in [0.25, 0.3) is 0 Å². The second-order valence-electron chi connectivity index (χ2n) is 3.52. The molecule has 0 aromatic carbocycles. The molecule has 0 amide bonds. The first kappa shape index (κ1) is 11.8. The second-order valence-corrected chi connectivity index (χ2v) is 5.63. The molecule has 0 spiro atoms. The van der Waals surface area contributed by atoms with E-state index in [9.17, 15) is 8.42 Å². The quantitative estimate of drug-likeness (QED) is 0.793. The van der Waals surface area contributed by atoms with Crippen molar-refractivity contribution in [1.82, 2.24) is 14.0 Å². The summed E-state index contributed by atoms with van der Waals surface area (Å²) < 4.78 is 26.5. The number of hydrogen-bond acceptors (Lipinski definition) is 4. The Hall–Kier alpha value is -0.630. The first-order chi connectivity index (χ1) is 7.53. The van der Waals surface area contributed by atoms with E-state index in [4.69, 9.17) is 16.4 Å². The van der Waals surface area contributed by atoms with Crippen LogP contribution in [0.15, 0.2) is 11.4 Å². The van der Waals surface area contributed by atoms with Gasteiger partial charge in [0.15, 0.2) is 0 Å². The molecule has 0 bridgehead atoms. The third-order valence-electron chi connectivity index (χ3n) is 2.32. The molecular weight excluding hydrogens is 254 g/mol. The van der Waals surface area contributed by atoms with Crippen molar-refractivity contribution in [3.8, 4) is 0 Å². The normalized spacial score (nSPS) is 18.9. The average molecular weight is 266 g/mol. The first-order valence-corrected chi connectivity index (χ1v) is 6.68. The smallest absolute Gasteiger partial charge is 0.285 e. The van der Waals surface area contributed by atoms with Crippen molar-refractivity contribution in [2.75, 3.05) is 13.2 Å². The van der Waals surface area contributed by atoms with Gasteiger partial charge < -0.3 is 4.57 Å². The van der Waals surface area contributed by atoms with Gasteiger partial charge in [0.1, 0.15) is 5.15 Å².